The first-order valence-electron chi connectivity index (χ1n) is 9.03. The molecule has 0 saturated carbocycles. The Kier molecular flexibility index (Phi) is 5.91. The van der Waals surface area contributed by atoms with Crippen molar-refractivity contribution in [1.82, 2.24) is 4.98 Å². The monoisotopic (exact) mass is 380 g/mol. The Morgan fingerprint density at radius 2 is 1.81 bits per heavy atom. The first kappa shape index (κ1) is 19.1. The SMILES string of the molecule is CCc1ccc(OCc2nc(C)c(C(=O)Nc3ccc(C)c(C)c3)s2)cc1. The predicted octanol–water partition coefficient (Wildman–Crippen LogP) is 5.46. The van der Waals surface area contributed by atoms with Crippen molar-refractivity contribution in [2.45, 2.75) is 40.7 Å². The second-order valence-corrected chi connectivity index (χ2v) is 7.65. The van der Waals surface area contributed by atoms with E-state index in [1.54, 1.807) is 0 Å². The molecular weight excluding hydrogens is 356 g/mol. The van der Waals surface area contributed by atoms with Gasteiger partial charge in [-0.25, -0.2) is 4.98 Å². The lowest BCUT2D eigenvalue weighted by Crippen LogP contribution is -2.11. The van der Waals surface area contributed by atoms with E-state index in [9.17, 15) is 4.79 Å². The number of amides is 1. The van der Waals surface area contributed by atoms with Gasteiger partial charge in [-0.1, -0.05) is 25.1 Å². The zero-order chi connectivity index (χ0) is 19.4. The van der Waals surface area contributed by atoms with Gasteiger partial charge in [-0.15, -0.1) is 11.3 Å². The van der Waals surface area contributed by atoms with Crippen LogP contribution in [0.4, 0.5) is 5.69 Å². The van der Waals surface area contributed by atoms with Crippen LogP contribution < -0.4 is 10.1 Å². The zero-order valence-corrected chi connectivity index (χ0v) is 16.9. The number of aryl methyl sites for hydroxylation is 4. The highest BCUT2D eigenvalue weighted by Crippen LogP contribution is 2.23. The van der Waals surface area contributed by atoms with Crippen molar-refractivity contribution >= 4 is 22.9 Å². The summed E-state index contributed by atoms with van der Waals surface area (Å²) in [6, 6.07) is 14.0. The molecule has 1 amide bonds. The average molecular weight is 381 g/mol. The highest BCUT2D eigenvalue weighted by Gasteiger charge is 2.16. The molecule has 3 aromatic rings. The van der Waals surface area contributed by atoms with E-state index in [2.05, 4.69) is 36.3 Å². The van der Waals surface area contributed by atoms with Crippen molar-refractivity contribution in [3.8, 4) is 5.75 Å². The maximum absolute atomic E-state index is 12.6. The Labute approximate surface area is 164 Å². The molecule has 0 unspecified atom stereocenters. The molecular formula is C22H24N2O2S. The molecule has 27 heavy (non-hydrogen) atoms. The fourth-order valence-electron chi connectivity index (χ4n) is 2.70. The van der Waals surface area contributed by atoms with Crippen molar-refractivity contribution < 1.29 is 9.53 Å². The van der Waals surface area contributed by atoms with Gasteiger partial charge in [0, 0.05) is 5.69 Å². The standard InChI is InChI=1S/C22H24N2O2S/c1-5-17-7-10-19(11-8-17)26-13-20-23-16(4)21(27-20)22(25)24-18-9-6-14(2)15(3)12-18/h6-12H,5,13H2,1-4H3,(H,24,25). The molecule has 0 radical (unpaired) electrons. The number of thiazole rings is 1. The van der Waals surface area contributed by atoms with Gasteiger partial charge < -0.3 is 10.1 Å². The molecule has 3 rings (SSSR count). The lowest BCUT2D eigenvalue weighted by Gasteiger charge is -2.07. The van der Waals surface area contributed by atoms with Crippen LogP contribution in [0.5, 0.6) is 5.75 Å². The number of rotatable bonds is 6. The fraction of sp³-hybridized carbons (Fsp3) is 0.273. The number of nitrogens with zero attached hydrogens (tertiary/aromatic N) is 1. The highest BCUT2D eigenvalue weighted by molar-refractivity contribution is 7.13. The van der Waals surface area contributed by atoms with Gasteiger partial charge in [-0.2, -0.15) is 0 Å². The molecule has 0 aliphatic rings. The fourth-order valence-corrected chi connectivity index (χ4v) is 3.57. The molecule has 0 aliphatic carbocycles. The largest absolute Gasteiger partial charge is 0.486 e. The normalized spacial score (nSPS) is 10.7. The Bertz CT molecular complexity index is 945. The number of hydrogen-bond donors (Lipinski definition) is 1. The maximum atomic E-state index is 12.6. The molecule has 1 heterocycles. The first-order valence-corrected chi connectivity index (χ1v) is 9.84. The predicted molar refractivity (Wildman–Crippen MR) is 111 cm³/mol. The summed E-state index contributed by atoms with van der Waals surface area (Å²) in [5.41, 5.74) is 5.15. The molecule has 0 spiro atoms. The summed E-state index contributed by atoms with van der Waals surface area (Å²) in [6.07, 6.45) is 1.00. The Morgan fingerprint density at radius 3 is 2.48 bits per heavy atom. The molecule has 4 nitrogen and oxygen atoms in total. The second kappa shape index (κ2) is 8.35. The van der Waals surface area contributed by atoms with Crippen LogP contribution in [0.15, 0.2) is 42.5 Å². The van der Waals surface area contributed by atoms with Crippen LogP contribution in [-0.2, 0) is 13.0 Å². The minimum atomic E-state index is -0.133. The zero-order valence-electron chi connectivity index (χ0n) is 16.1. The van der Waals surface area contributed by atoms with Crippen LogP contribution in [0.1, 0.15) is 44.0 Å². The Balaban J connectivity index is 1.65. The topological polar surface area (TPSA) is 51.2 Å². The Hall–Kier alpha value is -2.66. The van der Waals surface area contributed by atoms with Crippen LogP contribution in [0.25, 0.3) is 0 Å². The molecule has 1 aromatic heterocycles. The number of carbonyl (C=O) groups is 1. The molecule has 5 heteroatoms. The number of anilines is 1. The van der Waals surface area contributed by atoms with E-state index in [1.807, 2.05) is 44.2 Å². The highest BCUT2D eigenvalue weighted by atomic mass is 32.1. The summed E-state index contributed by atoms with van der Waals surface area (Å²) in [5, 5.41) is 3.75. The molecule has 1 N–H and O–H groups in total. The summed E-state index contributed by atoms with van der Waals surface area (Å²) in [5.74, 6) is 0.674. The molecule has 2 aromatic carbocycles. The third-order valence-corrected chi connectivity index (χ3v) is 5.64. The summed E-state index contributed by atoms with van der Waals surface area (Å²) in [7, 11) is 0. The third kappa shape index (κ3) is 4.74. The molecule has 140 valence electrons. The van der Waals surface area contributed by atoms with E-state index in [0.717, 1.165) is 34.1 Å². The van der Waals surface area contributed by atoms with E-state index in [0.29, 0.717) is 11.5 Å². The molecule has 0 atom stereocenters. The van der Waals surface area contributed by atoms with E-state index in [4.69, 9.17) is 4.74 Å². The minimum Gasteiger partial charge on any atom is -0.486 e. The van der Waals surface area contributed by atoms with Gasteiger partial charge in [-0.3, -0.25) is 4.79 Å². The number of carbonyl (C=O) groups excluding carboxylic acids is 1. The van der Waals surface area contributed by atoms with Crippen molar-refractivity contribution in [2.24, 2.45) is 0 Å². The second-order valence-electron chi connectivity index (χ2n) is 6.56. The number of ether oxygens (including phenoxy) is 1. The smallest absolute Gasteiger partial charge is 0.267 e. The Morgan fingerprint density at radius 1 is 1.07 bits per heavy atom. The molecule has 0 bridgehead atoms. The molecule has 0 aliphatic heterocycles. The lowest BCUT2D eigenvalue weighted by atomic mass is 10.1. The first-order chi connectivity index (χ1) is 13.0. The number of hydrogen-bond acceptors (Lipinski definition) is 4. The molecule has 0 fully saturated rings. The van der Waals surface area contributed by atoms with Crippen LogP contribution in [-0.4, -0.2) is 10.9 Å². The molecule has 0 saturated heterocycles. The summed E-state index contributed by atoms with van der Waals surface area (Å²) < 4.78 is 5.80. The van der Waals surface area contributed by atoms with Crippen molar-refractivity contribution in [1.29, 1.82) is 0 Å². The van der Waals surface area contributed by atoms with E-state index in [1.165, 1.54) is 22.5 Å². The number of benzene rings is 2. The van der Waals surface area contributed by atoms with Crippen molar-refractivity contribution in [2.75, 3.05) is 5.32 Å². The van der Waals surface area contributed by atoms with Crippen LogP contribution in [0, 0.1) is 20.8 Å². The van der Waals surface area contributed by atoms with Crippen molar-refractivity contribution in [3.05, 3.63) is 74.7 Å². The van der Waals surface area contributed by atoms with Gasteiger partial charge in [0.2, 0.25) is 0 Å². The lowest BCUT2D eigenvalue weighted by molar-refractivity contribution is 0.103. The quantitative estimate of drug-likeness (QED) is 0.617. The van der Waals surface area contributed by atoms with Crippen molar-refractivity contribution in [3.63, 3.8) is 0 Å². The minimum absolute atomic E-state index is 0.133. The van der Waals surface area contributed by atoms with Gasteiger partial charge in [0.25, 0.3) is 5.91 Å². The van der Waals surface area contributed by atoms with Gasteiger partial charge >= 0.3 is 0 Å². The maximum Gasteiger partial charge on any atom is 0.267 e. The summed E-state index contributed by atoms with van der Waals surface area (Å²) >= 11 is 1.37. The van der Waals surface area contributed by atoms with E-state index < -0.39 is 0 Å². The number of nitrogens with one attached hydrogen (secondary N) is 1. The van der Waals surface area contributed by atoms with Crippen LogP contribution >= 0.6 is 11.3 Å². The van der Waals surface area contributed by atoms with E-state index >= 15 is 0 Å². The third-order valence-electron chi connectivity index (χ3n) is 4.51. The summed E-state index contributed by atoms with van der Waals surface area (Å²) in [4.78, 5) is 17.7. The number of aromatic nitrogens is 1. The summed E-state index contributed by atoms with van der Waals surface area (Å²) in [6.45, 7) is 8.42. The van der Waals surface area contributed by atoms with Gasteiger partial charge in [0.1, 0.15) is 22.2 Å². The average Bonchev–Trinajstić information content (AvgIpc) is 3.04. The van der Waals surface area contributed by atoms with Crippen LogP contribution in [0.2, 0.25) is 0 Å². The van der Waals surface area contributed by atoms with Gasteiger partial charge in [-0.05, 0) is 68.1 Å². The van der Waals surface area contributed by atoms with Gasteiger partial charge in [0.15, 0.2) is 0 Å². The van der Waals surface area contributed by atoms with Crippen LogP contribution in [0.3, 0.4) is 0 Å². The van der Waals surface area contributed by atoms with E-state index in [-0.39, 0.29) is 5.91 Å². The van der Waals surface area contributed by atoms with Gasteiger partial charge in [0.05, 0.1) is 5.69 Å².